The van der Waals surface area contributed by atoms with E-state index in [-0.39, 0.29) is 37.1 Å². The van der Waals surface area contributed by atoms with Gasteiger partial charge >= 0.3 is 5.97 Å². The lowest BCUT2D eigenvalue weighted by atomic mass is 9.76. The van der Waals surface area contributed by atoms with Crippen molar-refractivity contribution in [3.05, 3.63) is 100 Å². The van der Waals surface area contributed by atoms with E-state index in [4.69, 9.17) is 27.5 Å². The van der Waals surface area contributed by atoms with E-state index in [1.54, 1.807) is 19.2 Å². The predicted molar refractivity (Wildman–Crippen MR) is 134 cm³/mol. The first kappa shape index (κ1) is 25.1. The molecule has 0 aliphatic rings. The summed E-state index contributed by atoms with van der Waals surface area (Å²) in [6.45, 7) is 1.88. The van der Waals surface area contributed by atoms with Gasteiger partial charge in [-0.1, -0.05) is 71.6 Å². The number of rotatable bonds is 10. The van der Waals surface area contributed by atoms with Crippen LogP contribution in [0.5, 0.6) is 5.75 Å². The summed E-state index contributed by atoms with van der Waals surface area (Å²) in [6, 6.07) is 22.4. The van der Waals surface area contributed by atoms with Crippen LogP contribution in [0.2, 0.25) is 5.02 Å². The molecular formula is C29H27ClO4. The van der Waals surface area contributed by atoms with Crippen LogP contribution in [0, 0.1) is 19.3 Å². The zero-order chi connectivity index (χ0) is 24.5. The van der Waals surface area contributed by atoms with Gasteiger partial charge in [0.05, 0.1) is 13.5 Å². The second-order valence-electron chi connectivity index (χ2n) is 8.10. The molecule has 3 aromatic carbocycles. The van der Waals surface area contributed by atoms with Crippen molar-refractivity contribution in [1.29, 1.82) is 0 Å². The van der Waals surface area contributed by atoms with Crippen molar-refractivity contribution in [2.45, 2.75) is 31.6 Å². The molecule has 0 amide bonds. The first-order valence-corrected chi connectivity index (χ1v) is 11.4. The minimum atomic E-state index is -0.416. The molecule has 0 aliphatic heterocycles. The molecule has 2 atom stereocenters. The van der Waals surface area contributed by atoms with Crippen LogP contribution in [0.1, 0.15) is 51.7 Å². The third-order valence-corrected chi connectivity index (χ3v) is 6.06. The maximum Gasteiger partial charge on any atom is 0.307 e. The Morgan fingerprint density at radius 2 is 1.44 bits per heavy atom. The molecule has 0 N–H and O–H groups in total. The van der Waals surface area contributed by atoms with Crippen molar-refractivity contribution in [3.8, 4) is 18.1 Å². The van der Waals surface area contributed by atoms with Gasteiger partial charge in [-0.3, -0.25) is 9.59 Å². The van der Waals surface area contributed by atoms with Gasteiger partial charge in [0.1, 0.15) is 5.75 Å². The van der Waals surface area contributed by atoms with Gasteiger partial charge in [0.2, 0.25) is 0 Å². The van der Waals surface area contributed by atoms with Crippen molar-refractivity contribution in [1.82, 2.24) is 0 Å². The van der Waals surface area contributed by atoms with Crippen LogP contribution >= 0.6 is 11.6 Å². The fourth-order valence-corrected chi connectivity index (χ4v) is 4.09. The average molecular weight is 475 g/mol. The van der Waals surface area contributed by atoms with Crippen molar-refractivity contribution in [2.24, 2.45) is 0 Å². The summed E-state index contributed by atoms with van der Waals surface area (Å²) in [5, 5.41) is 0.599. The van der Waals surface area contributed by atoms with Gasteiger partial charge in [0.15, 0.2) is 12.4 Å². The van der Waals surface area contributed by atoms with Gasteiger partial charge in [-0.2, -0.15) is 0 Å². The maximum atomic E-state index is 13.3. The number of hydrogen-bond donors (Lipinski definition) is 0. The zero-order valence-electron chi connectivity index (χ0n) is 19.3. The van der Waals surface area contributed by atoms with Crippen LogP contribution in [0.4, 0.5) is 0 Å². The van der Waals surface area contributed by atoms with Crippen molar-refractivity contribution >= 4 is 23.4 Å². The molecule has 0 fully saturated rings. The number of aryl methyl sites for hydroxylation is 1. The van der Waals surface area contributed by atoms with Gasteiger partial charge in [0, 0.05) is 22.9 Å². The summed E-state index contributed by atoms with van der Waals surface area (Å²) < 4.78 is 10.5. The first-order valence-electron chi connectivity index (χ1n) is 11.0. The van der Waals surface area contributed by atoms with E-state index in [2.05, 4.69) is 5.92 Å². The van der Waals surface area contributed by atoms with Crippen LogP contribution in [0.3, 0.4) is 0 Å². The molecule has 3 rings (SSSR count). The first-order chi connectivity index (χ1) is 16.4. The second-order valence-corrected chi connectivity index (χ2v) is 8.54. The number of benzene rings is 3. The minimum Gasteiger partial charge on any atom is -0.497 e. The van der Waals surface area contributed by atoms with Crippen molar-refractivity contribution in [3.63, 3.8) is 0 Å². The number of halogens is 1. The molecule has 3 aromatic rings. The monoisotopic (exact) mass is 474 g/mol. The highest BCUT2D eigenvalue weighted by molar-refractivity contribution is 6.30. The Balaban J connectivity index is 2.02. The highest BCUT2D eigenvalue weighted by Crippen LogP contribution is 2.40. The number of ketones is 1. The molecule has 4 nitrogen and oxygen atoms in total. The lowest BCUT2D eigenvalue weighted by Gasteiger charge is -2.27. The average Bonchev–Trinajstić information content (AvgIpc) is 2.86. The minimum absolute atomic E-state index is 0.00421. The van der Waals surface area contributed by atoms with Crippen LogP contribution in [-0.4, -0.2) is 25.5 Å². The van der Waals surface area contributed by atoms with Crippen LogP contribution in [-0.2, 0) is 9.53 Å². The summed E-state index contributed by atoms with van der Waals surface area (Å²) in [6.07, 6.45) is 5.54. The van der Waals surface area contributed by atoms with E-state index in [1.165, 1.54) is 0 Å². The standard InChI is InChI=1S/C29H27ClO4/c1-4-17-34-29(32)19-27(22-11-15-25(33-3)16-12-22)26(21-9-13-24(30)14-10-21)18-28(31)23-7-5-20(2)6-8-23/h1,5-16,26-27H,17-19H2,2-3H3/t26-,27-/m0/s1. The zero-order valence-corrected chi connectivity index (χ0v) is 20.0. The number of terminal acetylenes is 1. The highest BCUT2D eigenvalue weighted by atomic mass is 35.5. The smallest absolute Gasteiger partial charge is 0.307 e. The molecule has 0 heterocycles. The Kier molecular flexibility index (Phi) is 8.90. The molecular weight excluding hydrogens is 448 g/mol. The van der Waals surface area contributed by atoms with Crippen molar-refractivity contribution in [2.75, 3.05) is 13.7 Å². The topological polar surface area (TPSA) is 52.6 Å². The second kappa shape index (κ2) is 12.1. The molecule has 174 valence electrons. The summed E-state index contributed by atoms with van der Waals surface area (Å²) >= 11 is 6.13. The van der Waals surface area contributed by atoms with Crippen molar-refractivity contribution < 1.29 is 19.1 Å². The van der Waals surface area contributed by atoms with Gasteiger partial charge in [-0.15, -0.1) is 6.42 Å². The van der Waals surface area contributed by atoms with E-state index >= 15 is 0 Å². The van der Waals surface area contributed by atoms with Gasteiger partial charge < -0.3 is 9.47 Å². The predicted octanol–water partition coefficient (Wildman–Crippen LogP) is 6.36. The van der Waals surface area contributed by atoms with Crippen LogP contribution in [0.25, 0.3) is 0 Å². The number of ether oxygens (including phenoxy) is 2. The third kappa shape index (κ3) is 6.73. The van der Waals surface area contributed by atoms with Gasteiger partial charge in [-0.05, 0) is 48.2 Å². The number of esters is 1. The molecule has 34 heavy (non-hydrogen) atoms. The SMILES string of the molecule is C#CCOC(=O)C[C@@H](c1ccc(OC)cc1)[C@@H](CC(=O)c1ccc(C)cc1)c1ccc(Cl)cc1. The highest BCUT2D eigenvalue weighted by Gasteiger charge is 2.30. The number of hydrogen-bond acceptors (Lipinski definition) is 4. The van der Waals surface area contributed by atoms with Gasteiger partial charge in [-0.25, -0.2) is 0 Å². The van der Waals surface area contributed by atoms with E-state index in [0.717, 1.165) is 16.7 Å². The molecule has 0 spiro atoms. The van der Waals surface area contributed by atoms with Gasteiger partial charge in [0.25, 0.3) is 0 Å². The quantitative estimate of drug-likeness (QED) is 0.195. The van der Waals surface area contributed by atoms with E-state index in [0.29, 0.717) is 16.3 Å². The number of methoxy groups -OCH3 is 1. The summed E-state index contributed by atoms with van der Waals surface area (Å²) in [5.74, 6) is 1.99. The molecule has 0 aromatic heterocycles. The Labute approximate surface area is 205 Å². The molecule has 0 unspecified atom stereocenters. The molecule has 0 bridgehead atoms. The molecule has 0 saturated heterocycles. The van der Waals surface area contributed by atoms with E-state index in [9.17, 15) is 9.59 Å². The largest absolute Gasteiger partial charge is 0.497 e. The fraction of sp³-hybridized carbons (Fsp3) is 0.241. The Bertz CT molecular complexity index is 1140. The Hall–Kier alpha value is -3.55. The number of carbonyl (C=O) groups is 2. The molecule has 0 radical (unpaired) electrons. The lowest BCUT2D eigenvalue weighted by Crippen LogP contribution is -2.20. The molecule has 0 aliphatic carbocycles. The Morgan fingerprint density at radius 3 is 2.00 bits per heavy atom. The Morgan fingerprint density at radius 1 is 0.882 bits per heavy atom. The fourth-order valence-electron chi connectivity index (χ4n) is 3.96. The molecule has 0 saturated carbocycles. The normalized spacial score (nSPS) is 12.3. The summed E-state index contributed by atoms with van der Waals surface area (Å²) in [4.78, 5) is 26.0. The van der Waals surface area contributed by atoms with Crippen LogP contribution in [0.15, 0.2) is 72.8 Å². The third-order valence-electron chi connectivity index (χ3n) is 5.81. The van der Waals surface area contributed by atoms with E-state index in [1.807, 2.05) is 67.6 Å². The maximum absolute atomic E-state index is 13.3. The van der Waals surface area contributed by atoms with E-state index < -0.39 is 5.97 Å². The van der Waals surface area contributed by atoms with Crippen LogP contribution < -0.4 is 4.74 Å². The summed E-state index contributed by atoms with van der Waals surface area (Å²) in [7, 11) is 1.60. The number of carbonyl (C=O) groups excluding carboxylic acids is 2. The number of Topliss-reactive ketones (excluding diaryl/α,β-unsaturated/α-hetero) is 1. The summed E-state index contributed by atoms with van der Waals surface area (Å²) in [5.41, 5.74) is 3.52. The lowest BCUT2D eigenvalue weighted by molar-refractivity contribution is -0.142. The molecule has 5 heteroatoms.